The molecule has 3 N–H and O–H groups in total. The van der Waals surface area contributed by atoms with Crippen molar-refractivity contribution in [1.29, 1.82) is 0 Å². The van der Waals surface area contributed by atoms with Crippen LogP contribution in [-0.2, 0) is 65.4 Å². The third-order valence-corrected chi connectivity index (χ3v) is 20.1. The van der Waals surface area contributed by atoms with Crippen LogP contribution in [0.1, 0.15) is 401 Å². The number of hydrogen-bond acceptors (Lipinski definition) is 15. The van der Waals surface area contributed by atoms with E-state index < -0.39 is 97.5 Å². The number of allylic oxidation sites excluding steroid dienone is 4. The largest absolute Gasteiger partial charge is 0.472 e. The number of hydrogen-bond donors (Lipinski definition) is 3. The van der Waals surface area contributed by atoms with Gasteiger partial charge < -0.3 is 33.8 Å². The van der Waals surface area contributed by atoms with E-state index in [0.29, 0.717) is 25.7 Å². The van der Waals surface area contributed by atoms with E-state index in [9.17, 15) is 43.2 Å². The van der Waals surface area contributed by atoms with Crippen molar-refractivity contribution in [2.45, 2.75) is 419 Å². The number of carbonyl (C=O) groups excluding carboxylic acids is 4. The number of esters is 4. The second kappa shape index (κ2) is 72.5. The molecule has 0 aliphatic carbocycles. The second-order valence-electron chi connectivity index (χ2n) is 28.6. The molecular weight excluding hydrogens is 1290 g/mol. The van der Waals surface area contributed by atoms with Crippen molar-refractivity contribution in [3.63, 3.8) is 0 Å². The lowest BCUT2D eigenvalue weighted by molar-refractivity contribution is -0.161. The van der Waals surface area contributed by atoms with Crippen LogP contribution in [0, 0.1) is 5.92 Å². The van der Waals surface area contributed by atoms with E-state index in [1.165, 1.54) is 205 Å². The van der Waals surface area contributed by atoms with Crippen LogP contribution < -0.4 is 0 Å². The molecular formula is C80H152O17P2. The summed E-state index contributed by atoms with van der Waals surface area (Å²) < 4.78 is 68.6. The fraction of sp³-hybridized carbons (Fsp3) is 0.900. The fourth-order valence-electron chi connectivity index (χ4n) is 11.9. The standard InChI is InChI=1S/C80H152O17P2/c1-6-9-12-15-18-21-24-26-28-29-30-31-32-34-36-40-45-50-55-60-65-79(84)96-76(70-91-78(83)64-59-54-49-44-39-35-33-27-25-22-19-16-13-10-7-2)72-95-99(88,89)93-68-74(81)67-92-98(86,87)94-71-75(69-90-77(82)63-58-53-48-43-23-20-17-14-11-8-3)97-80(85)66-61-56-51-46-41-37-38-42-47-52-57-62-73(4)5/h22,25,27,33,73-76,81H,6-21,23-24,26,28-32,34-72H2,1-5H3,(H,86,87)(H,88,89)/b25-22-,33-27-/t74-,75+,76+/m0/s1. The first kappa shape index (κ1) is 96.5. The zero-order valence-electron chi connectivity index (χ0n) is 64.1. The van der Waals surface area contributed by atoms with Gasteiger partial charge in [0, 0.05) is 25.7 Å². The summed E-state index contributed by atoms with van der Waals surface area (Å²) in [7, 11) is -9.93. The summed E-state index contributed by atoms with van der Waals surface area (Å²) in [5.74, 6) is -1.38. The van der Waals surface area contributed by atoms with Crippen molar-refractivity contribution in [2.75, 3.05) is 39.6 Å². The van der Waals surface area contributed by atoms with Crippen molar-refractivity contribution in [2.24, 2.45) is 5.92 Å². The molecule has 0 bridgehead atoms. The van der Waals surface area contributed by atoms with Gasteiger partial charge in [-0.3, -0.25) is 37.3 Å². The first-order valence-electron chi connectivity index (χ1n) is 41.0. The molecule has 0 saturated carbocycles. The summed E-state index contributed by atoms with van der Waals surface area (Å²) >= 11 is 0. The predicted octanol–water partition coefficient (Wildman–Crippen LogP) is 23.6. The van der Waals surface area contributed by atoms with Crippen molar-refractivity contribution in [3.8, 4) is 0 Å². The Balaban J connectivity index is 5.26. The van der Waals surface area contributed by atoms with E-state index in [2.05, 4.69) is 58.9 Å². The second-order valence-corrected chi connectivity index (χ2v) is 31.5. The smallest absolute Gasteiger partial charge is 0.462 e. The average Bonchev–Trinajstić information content (AvgIpc) is 1.57. The van der Waals surface area contributed by atoms with Crippen LogP contribution >= 0.6 is 15.6 Å². The minimum Gasteiger partial charge on any atom is -0.462 e. The van der Waals surface area contributed by atoms with E-state index >= 15 is 0 Å². The number of unbranched alkanes of at least 4 members (excludes halogenated alkanes) is 47. The van der Waals surface area contributed by atoms with Crippen LogP contribution in [0.4, 0.5) is 0 Å². The number of aliphatic hydroxyl groups excluding tert-OH is 1. The topological polar surface area (TPSA) is 237 Å². The number of carbonyl (C=O) groups is 4. The van der Waals surface area contributed by atoms with E-state index in [0.717, 1.165) is 115 Å². The highest BCUT2D eigenvalue weighted by Gasteiger charge is 2.30. The van der Waals surface area contributed by atoms with Gasteiger partial charge in [0.2, 0.25) is 0 Å². The highest BCUT2D eigenvalue weighted by atomic mass is 31.2. The summed E-state index contributed by atoms with van der Waals surface area (Å²) in [6.07, 6.45) is 66.0. The SMILES string of the molecule is CCCCCC/C=C\C=C/CCCCCCCC(=O)OC[C@H](COP(=O)(O)OC[C@@H](O)COP(=O)(O)OC[C@@H](COC(=O)CCCCCCCCCCCC)OC(=O)CCCCCCCCCCCCCC(C)C)OC(=O)CCCCCCCCCCCCCCCCCCCCCC. The molecule has 99 heavy (non-hydrogen) atoms. The van der Waals surface area contributed by atoms with E-state index in [1.54, 1.807) is 0 Å². The van der Waals surface area contributed by atoms with Crippen molar-refractivity contribution >= 4 is 39.5 Å². The van der Waals surface area contributed by atoms with E-state index in [4.69, 9.17) is 37.0 Å². The normalized spacial score (nSPS) is 14.0. The zero-order valence-corrected chi connectivity index (χ0v) is 65.9. The molecule has 0 aromatic heterocycles. The summed E-state index contributed by atoms with van der Waals surface area (Å²) in [5.41, 5.74) is 0. The van der Waals surface area contributed by atoms with Gasteiger partial charge in [-0.25, -0.2) is 9.13 Å². The molecule has 0 radical (unpaired) electrons. The average molecular weight is 1450 g/mol. The van der Waals surface area contributed by atoms with Gasteiger partial charge in [-0.15, -0.1) is 0 Å². The van der Waals surface area contributed by atoms with Crippen LogP contribution in [0.3, 0.4) is 0 Å². The zero-order chi connectivity index (χ0) is 72.7. The molecule has 584 valence electrons. The molecule has 0 amide bonds. The van der Waals surface area contributed by atoms with Gasteiger partial charge in [-0.1, -0.05) is 348 Å². The van der Waals surface area contributed by atoms with Gasteiger partial charge in [0.1, 0.15) is 19.3 Å². The molecule has 19 heteroatoms. The van der Waals surface area contributed by atoms with Gasteiger partial charge in [0.15, 0.2) is 12.2 Å². The van der Waals surface area contributed by atoms with Gasteiger partial charge in [-0.2, -0.15) is 0 Å². The molecule has 17 nitrogen and oxygen atoms in total. The summed E-state index contributed by atoms with van der Waals surface area (Å²) in [4.78, 5) is 72.9. The molecule has 0 spiro atoms. The van der Waals surface area contributed by atoms with Gasteiger partial charge in [0.05, 0.1) is 26.4 Å². The van der Waals surface area contributed by atoms with E-state index in [1.807, 2.05) is 0 Å². The molecule has 0 aliphatic heterocycles. The molecule has 0 saturated heterocycles. The maximum Gasteiger partial charge on any atom is 0.472 e. The Bertz CT molecular complexity index is 1990. The van der Waals surface area contributed by atoms with Crippen molar-refractivity contribution in [1.82, 2.24) is 0 Å². The molecule has 0 rings (SSSR count). The Hall–Kier alpha value is -2.46. The maximum atomic E-state index is 13.1. The Labute approximate surface area is 605 Å². The Morgan fingerprint density at radius 2 is 0.545 bits per heavy atom. The molecule has 0 fully saturated rings. The molecule has 0 aliphatic rings. The van der Waals surface area contributed by atoms with E-state index in [-0.39, 0.29) is 25.7 Å². The number of phosphoric acid groups is 2. The van der Waals surface area contributed by atoms with Crippen LogP contribution in [0.2, 0.25) is 0 Å². The first-order chi connectivity index (χ1) is 48.0. The number of ether oxygens (including phenoxy) is 4. The van der Waals surface area contributed by atoms with Gasteiger partial charge in [0.25, 0.3) is 0 Å². The minimum absolute atomic E-state index is 0.102. The van der Waals surface area contributed by atoms with Gasteiger partial charge >= 0.3 is 39.5 Å². The summed E-state index contributed by atoms with van der Waals surface area (Å²) in [5, 5.41) is 10.6. The number of aliphatic hydroxyl groups is 1. The highest BCUT2D eigenvalue weighted by molar-refractivity contribution is 7.47. The monoisotopic (exact) mass is 1450 g/mol. The highest BCUT2D eigenvalue weighted by Crippen LogP contribution is 2.45. The van der Waals surface area contributed by atoms with Gasteiger partial charge in [-0.05, 0) is 57.3 Å². The Morgan fingerprint density at radius 3 is 0.828 bits per heavy atom. The van der Waals surface area contributed by atoms with Crippen LogP contribution in [0.15, 0.2) is 24.3 Å². The molecule has 0 aromatic rings. The minimum atomic E-state index is -4.97. The van der Waals surface area contributed by atoms with Crippen molar-refractivity contribution < 1.29 is 80.2 Å². The summed E-state index contributed by atoms with van der Waals surface area (Å²) in [6.45, 7) is 7.24. The number of rotatable bonds is 78. The Kier molecular flexibility index (Phi) is 70.7. The lowest BCUT2D eigenvalue weighted by Gasteiger charge is -2.21. The third-order valence-electron chi connectivity index (χ3n) is 18.2. The van der Waals surface area contributed by atoms with Crippen LogP contribution in [-0.4, -0.2) is 96.7 Å². The summed E-state index contributed by atoms with van der Waals surface area (Å²) in [6, 6.07) is 0. The third kappa shape index (κ3) is 73.6. The molecule has 5 atom stereocenters. The lowest BCUT2D eigenvalue weighted by Crippen LogP contribution is -2.30. The molecule has 0 aromatic carbocycles. The van der Waals surface area contributed by atoms with Crippen molar-refractivity contribution in [3.05, 3.63) is 24.3 Å². The molecule has 2 unspecified atom stereocenters. The fourth-order valence-corrected chi connectivity index (χ4v) is 13.4. The maximum absolute atomic E-state index is 13.1. The van der Waals surface area contributed by atoms with Crippen LogP contribution in [0.5, 0.6) is 0 Å². The molecule has 0 heterocycles. The predicted molar refractivity (Wildman–Crippen MR) is 404 cm³/mol. The quantitative estimate of drug-likeness (QED) is 0.0169. The Morgan fingerprint density at radius 1 is 0.313 bits per heavy atom. The van der Waals surface area contributed by atoms with Crippen LogP contribution in [0.25, 0.3) is 0 Å². The number of phosphoric ester groups is 2. The lowest BCUT2D eigenvalue weighted by atomic mass is 10.0. The first-order valence-corrected chi connectivity index (χ1v) is 43.9.